The van der Waals surface area contributed by atoms with Gasteiger partial charge in [-0.25, -0.2) is 0 Å². The highest BCUT2D eigenvalue weighted by molar-refractivity contribution is 5.89. The molecule has 160 valence electrons. The number of nitro groups is 1. The Labute approximate surface area is 177 Å². The van der Waals surface area contributed by atoms with Crippen LogP contribution < -0.4 is 5.32 Å². The average molecular weight is 412 g/mol. The third kappa shape index (κ3) is 6.40. The summed E-state index contributed by atoms with van der Waals surface area (Å²) < 4.78 is 0. The molecule has 2 aromatic carbocycles. The maximum absolute atomic E-state index is 13.3. The number of benzene rings is 2. The molecule has 0 unspecified atom stereocenters. The molecule has 0 aliphatic carbocycles. The van der Waals surface area contributed by atoms with Crippen molar-refractivity contribution in [3.8, 4) is 0 Å². The maximum Gasteiger partial charge on any atom is 0.273 e. The summed E-state index contributed by atoms with van der Waals surface area (Å²) in [7, 11) is 0. The highest BCUT2D eigenvalue weighted by Crippen LogP contribution is 2.21. The molecule has 0 aliphatic rings. The van der Waals surface area contributed by atoms with Crippen molar-refractivity contribution in [1.82, 2.24) is 10.2 Å². The number of carbonyl (C=O) groups is 2. The highest BCUT2D eigenvalue weighted by Gasteiger charge is 2.31. The lowest BCUT2D eigenvalue weighted by atomic mass is 10.0. The molecule has 0 fully saturated rings. The lowest BCUT2D eigenvalue weighted by Gasteiger charge is -2.33. The van der Waals surface area contributed by atoms with Crippen molar-refractivity contribution >= 4 is 17.5 Å². The summed E-state index contributed by atoms with van der Waals surface area (Å²) in [5.74, 6) is -0.569. The summed E-state index contributed by atoms with van der Waals surface area (Å²) in [5.41, 5.74) is 0.675. The Morgan fingerprint density at radius 3 is 2.23 bits per heavy atom. The van der Waals surface area contributed by atoms with Crippen LogP contribution >= 0.6 is 0 Å². The molecule has 0 heterocycles. The van der Waals surface area contributed by atoms with Gasteiger partial charge in [-0.3, -0.25) is 19.7 Å². The highest BCUT2D eigenvalue weighted by atomic mass is 16.6. The molecule has 7 nitrogen and oxygen atoms in total. The molecule has 0 saturated carbocycles. The van der Waals surface area contributed by atoms with Crippen LogP contribution in [0.25, 0.3) is 0 Å². The Balaban J connectivity index is 2.36. The fourth-order valence-corrected chi connectivity index (χ4v) is 3.26. The molecular formula is C23H29N3O4. The van der Waals surface area contributed by atoms with Gasteiger partial charge >= 0.3 is 0 Å². The monoisotopic (exact) mass is 411 g/mol. The van der Waals surface area contributed by atoms with E-state index < -0.39 is 16.5 Å². The van der Waals surface area contributed by atoms with E-state index in [1.165, 1.54) is 11.0 Å². The number of hydrogen-bond donors (Lipinski definition) is 1. The van der Waals surface area contributed by atoms with Gasteiger partial charge in [0.2, 0.25) is 11.8 Å². The first-order valence-electron chi connectivity index (χ1n) is 10.00. The van der Waals surface area contributed by atoms with Crippen LogP contribution in [0, 0.1) is 10.1 Å². The van der Waals surface area contributed by atoms with E-state index in [1.54, 1.807) is 18.2 Å². The molecule has 0 saturated heterocycles. The Morgan fingerprint density at radius 1 is 1.07 bits per heavy atom. The largest absolute Gasteiger partial charge is 0.350 e. The van der Waals surface area contributed by atoms with E-state index in [2.05, 4.69) is 5.32 Å². The van der Waals surface area contributed by atoms with Crippen LogP contribution in [0.2, 0.25) is 0 Å². The van der Waals surface area contributed by atoms with Crippen molar-refractivity contribution in [2.45, 2.75) is 58.7 Å². The molecule has 0 spiro atoms. The van der Waals surface area contributed by atoms with Gasteiger partial charge in [-0.1, -0.05) is 55.5 Å². The molecule has 2 rings (SSSR count). The zero-order valence-electron chi connectivity index (χ0n) is 17.9. The third-order valence-corrected chi connectivity index (χ3v) is 4.61. The van der Waals surface area contributed by atoms with E-state index in [0.29, 0.717) is 12.0 Å². The van der Waals surface area contributed by atoms with Crippen molar-refractivity contribution in [2.24, 2.45) is 0 Å². The van der Waals surface area contributed by atoms with Crippen LogP contribution in [0.5, 0.6) is 0 Å². The van der Waals surface area contributed by atoms with Crippen molar-refractivity contribution in [1.29, 1.82) is 0 Å². The van der Waals surface area contributed by atoms with Crippen LogP contribution in [-0.2, 0) is 22.6 Å². The summed E-state index contributed by atoms with van der Waals surface area (Å²) in [5, 5.41) is 14.3. The van der Waals surface area contributed by atoms with Gasteiger partial charge in [0, 0.05) is 23.7 Å². The van der Waals surface area contributed by atoms with Crippen LogP contribution in [0.1, 0.15) is 45.2 Å². The van der Waals surface area contributed by atoms with Gasteiger partial charge in [0.05, 0.1) is 11.3 Å². The number of hydrogen-bond acceptors (Lipinski definition) is 4. The Hall–Kier alpha value is -3.22. The molecule has 1 N–H and O–H groups in total. The number of nitrogens with zero attached hydrogens (tertiary/aromatic N) is 2. The molecule has 2 amide bonds. The number of carbonyl (C=O) groups excluding carboxylic acids is 2. The minimum absolute atomic E-state index is 0.0993. The first kappa shape index (κ1) is 23.1. The zero-order valence-corrected chi connectivity index (χ0v) is 17.9. The molecule has 7 heteroatoms. The average Bonchev–Trinajstić information content (AvgIpc) is 2.67. The smallest absolute Gasteiger partial charge is 0.273 e. The van der Waals surface area contributed by atoms with Gasteiger partial charge < -0.3 is 10.2 Å². The fraction of sp³-hybridized carbons (Fsp3) is 0.391. The quantitative estimate of drug-likeness (QED) is 0.527. The third-order valence-electron chi connectivity index (χ3n) is 4.61. The van der Waals surface area contributed by atoms with E-state index in [1.807, 2.05) is 58.0 Å². The summed E-state index contributed by atoms with van der Waals surface area (Å²) in [6.07, 6.45) is 0.278. The minimum atomic E-state index is -0.681. The summed E-state index contributed by atoms with van der Waals surface area (Å²) >= 11 is 0. The molecule has 1 atom stereocenters. The normalized spacial score (nSPS) is 12.1. The number of rotatable bonds is 8. The molecule has 0 bridgehead atoms. The van der Waals surface area contributed by atoms with Gasteiger partial charge in [-0.2, -0.15) is 0 Å². The number of nitro benzene ring substituents is 1. The molecule has 0 aliphatic heterocycles. The van der Waals surface area contributed by atoms with E-state index in [0.717, 1.165) is 5.56 Å². The molecule has 2 aromatic rings. The molecule has 0 radical (unpaired) electrons. The van der Waals surface area contributed by atoms with Gasteiger partial charge in [0.1, 0.15) is 6.04 Å². The van der Waals surface area contributed by atoms with Gasteiger partial charge in [0.25, 0.3) is 5.69 Å². The summed E-state index contributed by atoms with van der Waals surface area (Å²) in [4.78, 5) is 38.6. The Kier molecular flexibility index (Phi) is 7.69. The number of nitrogens with one attached hydrogen (secondary N) is 1. The van der Waals surface area contributed by atoms with Crippen molar-refractivity contribution < 1.29 is 14.5 Å². The van der Waals surface area contributed by atoms with Crippen molar-refractivity contribution in [3.05, 3.63) is 75.8 Å². The first-order chi connectivity index (χ1) is 14.1. The topological polar surface area (TPSA) is 92.6 Å². The first-order valence-corrected chi connectivity index (χ1v) is 10.00. The number of para-hydroxylation sites is 1. The summed E-state index contributed by atoms with van der Waals surface area (Å²) in [6, 6.07) is 14.9. The van der Waals surface area contributed by atoms with Crippen LogP contribution in [-0.4, -0.2) is 33.2 Å². The Bertz CT molecular complexity index is 891. The van der Waals surface area contributed by atoms with Gasteiger partial charge in [0.15, 0.2) is 0 Å². The van der Waals surface area contributed by atoms with Gasteiger partial charge in [-0.05, 0) is 32.8 Å². The fourth-order valence-electron chi connectivity index (χ4n) is 3.26. The van der Waals surface area contributed by atoms with Crippen molar-refractivity contribution in [2.75, 3.05) is 0 Å². The van der Waals surface area contributed by atoms with Crippen molar-refractivity contribution in [3.63, 3.8) is 0 Å². The molecule has 0 aromatic heterocycles. The van der Waals surface area contributed by atoms with Crippen LogP contribution in [0.15, 0.2) is 54.6 Å². The van der Waals surface area contributed by atoms with Crippen LogP contribution in [0.4, 0.5) is 5.69 Å². The van der Waals surface area contributed by atoms with Crippen LogP contribution in [0.3, 0.4) is 0 Å². The number of amides is 2. The standard InChI is InChI=1S/C23H29N3O4/c1-5-19(22(28)24-23(2,3)4)25(16-17-11-7-6-8-12-17)21(27)15-18-13-9-10-14-20(18)26(29)30/h6-14,19H,5,15-16H2,1-4H3,(H,24,28)/t19-/m0/s1. The SMILES string of the molecule is CC[C@@H](C(=O)NC(C)(C)C)N(Cc1ccccc1)C(=O)Cc1ccccc1[N+](=O)[O-]. The van der Waals surface area contributed by atoms with E-state index in [-0.39, 0.29) is 30.5 Å². The second-order valence-electron chi connectivity index (χ2n) is 8.23. The predicted molar refractivity (Wildman–Crippen MR) is 116 cm³/mol. The van der Waals surface area contributed by atoms with E-state index in [4.69, 9.17) is 0 Å². The summed E-state index contributed by atoms with van der Waals surface area (Å²) in [6.45, 7) is 7.75. The second kappa shape index (κ2) is 10.0. The lowest BCUT2D eigenvalue weighted by molar-refractivity contribution is -0.385. The van der Waals surface area contributed by atoms with Gasteiger partial charge in [-0.15, -0.1) is 0 Å². The zero-order chi connectivity index (χ0) is 22.3. The second-order valence-corrected chi connectivity index (χ2v) is 8.23. The Morgan fingerprint density at radius 2 is 1.67 bits per heavy atom. The predicted octanol–water partition coefficient (Wildman–Crippen LogP) is 3.86. The lowest BCUT2D eigenvalue weighted by Crippen LogP contribution is -2.53. The molecule has 30 heavy (non-hydrogen) atoms. The minimum Gasteiger partial charge on any atom is -0.350 e. The molecular weight excluding hydrogens is 382 g/mol. The van der Waals surface area contributed by atoms with E-state index >= 15 is 0 Å². The van der Waals surface area contributed by atoms with E-state index in [9.17, 15) is 19.7 Å². The maximum atomic E-state index is 13.3.